The largest absolute Gasteiger partial charge is 0.461 e. The number of carbonyl (C=O) groups excluding carboxylic acids is 4. The molecular weight excluding hydrogens is 526 g/mol. The molecule has 3 heterocycles. The average Bonchev–Trinajstić information content (AvgIpc) is 3.55. The zero-order valence-corrected chi connectivity index (χ0v) is 22.8. The number of carbonyl (C=O) groups is 4. The first kappa shape index (κ1) is 25.7. The van der Waals surface area contributed by atoms with Gasteiger partial charge in [-0.05, 0) is 29.0 Å². The first-order valence-corrected chi connectivity index (χ1v) is 13.7. The number of nitrogens with zero attached hydrogens (tertiary/aromatic N) is 1. The molecule has 0 bridgehead atoms. The SMILES string of the molecule is CC(C)(C)[C@]1(O)C[C@@H]2OC(=O)C[C@@]23C(=O)O[C@@H]2N(c4cccc5ccccc45)C(=O)[C@H](OC(=O)c4ccccc4)C213. The Morgan fingerprint density at radius 1 is 0.951 bits per heavy atom. The molecule has 9 nitrogen and oxygen atoms in total. The Kier molecular flexibility index (Phi) is 5.12. The normalized spacial score (nSPS) is 33.8. The summed E-state index contributed by atoms with van der Waals surface area (Å²) in [7, 11) is 0. The molecule has 9 heteroatoms. The Morgan fingerprint density at radius 3 is 2.37 bits per heavy atom. The number of hydrogen-bond donors (Lipinski definition) is 1. The molecule has 1 aliphatic carbocycles. The van der Waals surface area contributed by atoms with Crippen molar-refractivity contribution in [3.63, 3.8) is 0 Å². The molecule has 7 rings (SSSR count). The van der Waals surface area contributed by atoms with Crippen LogP contribution in [0.3, 0.4) is 0 Å². The lowest BCUT2D eigenvalue weighted by Gasteiger charge is -2.51. The number of anilines is 1. The maximum Gasteiger partial charge on any atom is 0.338 e. The van der Waals surface area contributed by atoms with Crippen LogP contribution < -0.4 is 4.90 Å². The van der Waals surface area contributed by atoms with Gasteiger partial charge in [0.2, 0.25) is 0 Å². The summed E-state index contributed by atoms with van der Waals surface area (Å²) in [6, 6.07) is 21.0. The third-order valence-electron chi connectivity index (χ3n) is 9.73. The molecule has 6 atom stereocenters. The van der Waals surface area contributed by atoms with Crippen molar-refractivity contribution in [2.24, 2.45) is 16.2 Å². The third kappa shape index (κ3) is 2.94. The summed E-state index contributed by atoms with van der Waals surface area (Å²) in [6.07, 6.45) is -4.61. The number of benzene rings is 3. The highest BCUT2D eigenvalue weighted by atomic mass is 16.6. The molecule has 3 aromatic rings. The van der Waals surface area contributed by atoms with Gasteiger partial charge in [0.25, 0.3) is 5.91 Å². The minimum absolute atomic E-state index is 0.121. The van der Waals surface area contributed by atoms with Crippen molar-refractivity contribution >= 4 is 40.3 Å². The molecule has 210 valence electrons. The zero-order valence-electron chi connectivity index (χ0n) is 22.8. The van der Waals surface area contributed by atoms with Gasteiger partial charge in [-0.25, -0.2) is 4.79 Å². The van der Waals surface area contributed by atoms with E-state index in [0.717, 1.165) is 5.39 Å². The maximum atomic E-state index is 14.7. The Bertz CT molecular complexity index is 1640. The lowest BCUT2D eigenvalue weighted by Crippen LogP contribution is -2.66. The number of esters is 3. The van der Waals surface area contributed by atoms with Gasteiger partial charge in [0, 0.05) is 11.8 Å². The second-order valence-corrected chi connectivity index (χ2v) is 12.4. The van der Waals surface area contributed by atoms with Gasteiger partial charge in [0.15, 0.2) is 12.3 Å². The molecule has 2 spiro atoms. The van der Waals surface area contributed by atoms with Gasteiger partial charge in [0.1, 0.15) is 16.9 Å². The number of fused-ring (bicyclic) bond motifs is 1. The van der Waals surface area contributed by atoms with Crippen LogP contribution in [0.1, 0.15) is 44.0 Å². The number of rotatable bonds is 3. The highest BCUT2D eigenvalue weighted by Crippen LogP contribution is 2.76. The van der Waals surface area contributed by atoms with E-state index in [2.05, 4.69) is 0 Å². The minimum atomic E-state index is -1.86. The Balaban J connectivity index is 1.52. The van der Waals surface area contributed by atoms with Crippen LogP contribution >= 0.6 is 0 Å². The average molecular weight is 556 g/mol. The van der Waals surface area contributed by atoms with Crippen LogP contribution in [0.2, 0.25) is 0 Å². The molecule has 1 saturated carbocycles. The fourth-order valence-corrected chi connectivity index (χ4v) is 7.93. The molecular formula is C32H29NO8. The Hall–Kier alpha value is -4.24. The summed E-state index contributed by atoms with van der Waals surface area (Å²) in [5.74, 6) is -2.83. The lowest BCUT2D eigenvalue weighted by molar-refractivity contribution is -0.204. The molecule has 41 heavy (non-hydrogen) atoms. The van der Waals surface area contributed by atoms with Gasteiger partial charge in [-0.1, -0.05) is 75.4 Å². The summed E-state index contributed by atoms with van der Waals surface area (Å²) in [5.41, 5.74) is -5.76. The Morgan fingerprint density at radius 2 is 1.63 bits per heavy atom. The van der Waals surface area contributed by atoms with E-state index in [1.807, 2.05) is 30.3 Å². The van der Waals surface area contributed by atoms with E-state index in [0.29, 0.717) is 11.1 Å². The lowest BCUT2D eigenvalue weighted by atomic mass is 9.52. The van der Waals surface area contributed by atoms with Crippen molar-refractivity contribution < 1.29 is 38.5 Å². The quantitative estimate of drug-likeness (QED) is 0.383. The minimum Gasteiger partial charge on any atom is -0.461 e. The van der Waals surface area contributed by atoms with Gasteiger partial charge in [-0.2, -0.15) is 0 Å². The van der Waals surface area contributed by atoms with Crippen molar-refractivity contribution in [2.75, 3.05) is 4.90 Å². The highest BCUT2D eigenvalue weighted by Gasteiger charge is 2.94. The fraction of sp³-hybridized carbons (Fsp3) is 0.375. The molecule has 0 radical (unpaired) electrons. The van der Waals surface area contributed by atoms with Crippen LogP contribution in [-0.2, 0) is 28.6 Å². The van der Waals surface area contributed by atoms with Crippen molar-refractivity contribution in [3.05, 3.63) is 78.4 Å². The predicted molar refractivity (Wildman–Crippen MR) is 145 cm³/mol. The van der Waals surface area contributed by atoms with Crippen molar-refractivity contribution in [3.8, 4) is 0 Å². The Labute approximate surface area is 236 Å². The molecule has 3 saturated heterocycles. The topological polar surface area (TPSA) is 119 Å². The molecule has 1 N–H and O–H groups in total. The van der Waals surface area contributed by atoms with Crippen LogP contribution in [0.25, 0.3) is 10.8 Å². The summed E-state index contributed by atoms with van der Waals surface area (Å²) in [6.45, 7) is 5.37. The van der Waals surface area contributed by atoms with Gasteiger partial charge in [-0.3, -0.25) is 19.3 Å². The van der Waals surface area contributed by atoms with Gasteiger partial charge < -0.3 is 19.3 Å². The predicted octanol–water partition coefficient (Wildman–Crippen LogP) is 3.76. The van der Waals surface area contributed by atoms with Crippen LogP contribution in [0.4, 0.5) is 5.69 Å². The standard InChI is InChI=1S/C32H29NO8/c1-29(2,3)31(38)16-22-30(17-23(34)39-22)28(37)41-27-32(30,31)24(40-26(36)19-11-5-4-6-12-19)25(35)33(27)21-15-9-13-18-10-7-8-14-20(18)21/h4-15,22,24,27,38H,16-17H2,1-3H3/t22-,24-,27-,30-,31+,32?/m0/s1. The summed E-state index contributed by atoms with van der Waals surface area (Å²) < 4.78 is 17.8. The molecule has 0 aromatic heterocycles. The number of hydrogen-bond acceptors (Lipinski definition) is 8. The van der Waals surface area contributed by atoms with E-state index < -0.39 is 70.5 Å². The van der Waals surface area contributed by atoms with E-state index in [4.69, 9.17) is 14.2 Å². The second kappa shape index (κ2) is 8.16. The molecule has 3 aromatic carbocycles. The zero-order chi connectivity index (χ0) is 28.9. The summed E-state index contributed by atoms with van der Waals surface area (Å²) in [5, 5.41) is 14.4. The van der Waals surface area contributed by atoms with Gasteiger partial charge >= 0.3 is 17.9 Å². The highest BCUT2D eigenvalue weighted by molar-refractivity contribution is 6.11. The van der Waals surface area contributed by atoms with Gasteiger partial charge in [-0.15, -0.1) is 0 Å². The molecule has 4 aliphatic rings. The molecule has 4 fully saturated rings. The van der Waals surface area contributed by atoms with Gasteiger partial charge in [0.05, 0.1) is 23.3 Å². The summed E-state index contributed by atoms with van der Waals surface area (Å²) in [4.78, 5) is 56.4. The fourth-order valence-electron chi connectivity index (χ4n) is 7.93. The smallest absolute Gasteiger partial charge is 0.338 e. The molecule has 3 aliphatic heterocycles. The summed E-state index contributed by atoms with van der Waals surface area (Å²) >= 11 is 0. The second-order valence-electron chi connectivity index (χ2n) is 12.4. The number of aliphatic hydroxyl groups is 1. The van der Waals surface area contributed by atoms with E-state index in [-0.39, 0.29) is 12.0 Å². The van der Waals surface area contributed by atoms with Crippen molar-refractivity contribution in [1.29, 1.82) is 0 Å². The molecule has 1 unspecified atom stereocenters. The van der Waals surface area contributed by atoms with E-state index in [1.54, 1.807) is 63.2 Å². The maximum absolute atomic E-state index is 14.7. The van der Waals surface area contributed by atoms with E-state index in [1.165, 1.54) is 4.90 Å². The van der Waals surface area contributed by atoms with Crippen LogP contribution in [0, 0.1) is 16.2 Å². The number of amides is 1. The van der Waals surface area contributed by atoms with E-state index >= 15 is 0 Å². The van der Waals surface area contributed by atoms with Crippen LogP contribution in [0.15, 0.2) is 72.8 Å². The number of ether oxygens (including phenoxy) is 3. The van der Waals surface area contributed by atoms with Crippen LogP contribution in [-0.4, -0.2) is 53.0 Å². The monoisotopic (exact) mass is 555 g/mol. The third-order valence-corrected chi connectivity index (χ3v) is 9.73. The van der Waals surface area contributed by atoms with Crippen molar-refractivity contribution in [1.82, 2.24) is 0 Å². The van der Waals surface area contributed by atoms with Crippen molar-refractivity contribution in [2.45, 2.75) is 57.6 Å². The first-order valence-electron chi connectivity index (χ1n) is 13.7. The first-order chi connectivity index (χ1) is 19.5. The van der Waals surface area contributed by atoms with E-state index in [9.17, 15) is 24.3 Å². The van der Waals surface area contributed by atoms with Crippen LogP contribution in [0.5, 0.6) is 0 Å². The molecule has 1 amide bonds.